The van der Waals surface area contributed by atoms with E-state index in [1.807, 2.05) is 0 Å². The van der Waals surface area contributed by atoms with Gasteiger partial charge in [0.1, 0.15) is 5.57 Å². The summed E-state index contributed by atoms with van der Waals surface area (Å²) in [5, 5.41) is 0. The predicted molar refractivity (Wildman–Crippen MR) is 86.9 cm³/mol. The molecule has 0 bridgehead atoms. The van der Waals surface area contributed by atoms with Crippen molar-refractivity contribution in [2.45, 2.75) is 13.8 Å². The number of benzene rings is 1. The molecule has 0 atom stereocenters. The molecule has 0 amide bonds. The number of hydrogen-bond acceptors (Lipinski definition) is 6. The number of esters is 1. The van der Waals surface area contributed by atoms with Crippen molar-refractivity contribution in [3.05, 3.63) is 35.3 Å². The summed E-state index contributed by atoms with van der Waals surface area (Å²) in [7, 11) is 4.61. The van der Waals surface area contributed by atoms with Crippen molar-refractivity contribution in [1.29, 1.82) is 0 Å². The number of ketones is 1. The molecule has 7 heteroatoms. The van der Waals surface area contributed by atoms with Gasteiger partial charge in [0.25, 0.3) is 0 Å². The van der Waals surface area contributed by atoms with Gasteiger partial charge in [-0.05, 0) is 26.0 Å². The Morgan fingerprint density at radius 3 is 2.33 bits per heavy atom. The molecule has 1 aromatic carbocycles. The Hall–Kier alpha value is -2.57. The zero-order valence-corrected chi connectivity index (χ0v) is 14.5. The van der Waals surface area contributed by atoms with Gasteiger partial charge >= 0.3 is 5.97 Å². The predicted octanol–water partition coefficient (Wildman–Crippen LogP) is 2.42. The van der Waals surface area contributed by atoms with Crippen LogP contribution >= 0.6 is 0 Å². The molecule has 0 aromatic heterocycles. The van der Waals surface area contributed by atoms with Crippen LogP contribution in [0.1, 0.15) is 24.2 Å². The lowest BCUT2D eigenvalue weighted by Gasteiger charge is -2.16. The van der Waals surface area contributed by atoms with Crippen LogP contribution in [0.3, 0.4) is 0 Å². The molecule has 0 heterocycles. The summed E-state index contributed by atoms with van der Waals surface area (Å²) in [5.41, 5.74) is -0.160. The lowest BCUT2D eigenvalue weighted by molar-refractivity contribution is -0.138. The molecule has 0 aliphatic rings. The molecule has 0 spiro atoms. The maximum absolute atomic E-state index is 13.9. The van der Waals surface area contributed by atoms with E-state index in [2.05, 4.69) is 0 Å². The van der Waals surface area contributed by atoms with Crippen LogP contribution in [-0.2, 0) is 9.53 Å². The van der Waals surface area contributed by atoms with Gasteiger partial charge in [-0.25, -0.2) is 9.18 Å². The van der Waals surface area contributed by atoms with E-state index in [9.17, 15) is 14.0 Å². The van der Waals surface area contributed by atoms with Crippen LogP contribution in [0.5, 0.6) is 11.5 Å². The van der Waals surface area contributed by atoms with Crippen molar-refractivity contribution >= 4 is 11.8 Å². The number of carbonyl (C=O) groups is 2. The first-order chi connectivity index (χ1) is 11.4. The lowest BCUT2D eigenvalue weighted by Crippen LogP contribution is -2.20. The third-order valence-corrected chi connectivity index (χ3v) is 2.93. The zero-order valence-electron chi connectivity index (χ0n) is 14.5. The van der Waals surface area contributed by atoms with Crippen molar-refractivity contribution in [3.8, 4) is 11.5 Å². The summed E-state index contributed by atoms with van der Waals surface area (Å²) >= 11 is 0. The smallest absolute Gasteiger partial charge is 0.343 e. The molecule has 24 heavy (non-hydrogen) atoms. The maximum Gasteiger partial charge on any atom is 0.343 e. The largest absolute Gasteiger partial charge is 0.490 e. The van der Waals surface area contributed by atoms with Crippen LogP contribution in [-0.4, -0.2) is 51.1 Å². The highest BCUT2D eigenvalue weighted by atomic mass is 19.1. The quantitative estimate of drug-likeness (QED) is 0.238. The van der Waals surface area contributed by atoms with Gasteiger partial charge in [0.05, 0.1) is 25.9 Å². The topological polar surface area (TPSA) is 65.1 Å². The van der Waals surface area contributed by atoms with Gasteiger partial charge in [0.15, 0.2) is 17.3 Å². The minimum absolute atomic E-state index is 0.0243. The average Bonchev–Trinajstić information content (AvgIpc) is 2.53. The van der Waals surface area contributed by atoms with Crippen molar-refractivity contribution in [2.24, 2.45) is 0 Å². The molecule has 0 saturated carbocycles. The van der Waals surface area contributed by atoms with Crippen molar-refractivity contribution in [1.82, 2.24) is 4.90 Å². The van der Waals surface area contributed by atoms with E-state index in [-0.39, 0.29) is 35.8 Å². The molecular formula is C17H22FNO5. The van der Waals surface area contributed by atoms with E-state index >= 15 is 0 Å². The number of hydrogen-bond donors (Lipinski definition) is 0. The van der Waals surface area contributed by atoms with Gasteiger partial charge in [-0.3, -0.25) is 4.79 Å². The number of Topliss-reactive ketones (excluding diaryl/α,β-unsaturated/α-hetero) is 1. The normalized spacial score (nSPS) is 11.0. The van der Waals surface area contributed by atoms with Crippen LogP contribution in [0.25, 0.3) is 0 Å². The molecule has 1 rings (SSSR count). The number of methoxy groups -OCH3 is 1. The highest BCUT2D eigenvalue weighted by Crippen LogP contribution is 2.35. The SMILES string of the molecule is CCOC(=O)C(=CN(C)C)C(=O)c1ccc(F)c(OC)c1OCC. The van der Waals surface area contributed by atoms with Gasteiger partial charge in [-0.1, -0.05) is 0 Å². The standard InChI is InChI=1S/C17H22FNO5/c1-6-23-15-11(8-9-13(18)16(15)22-5)14(20)12(10-19(3)4)17(21)24-7-2/h8-10H,6-7H2,1-5H3. The van der Waals surface area contributed by atoms with Gasteiger partial charge in [-0.2, -0.15) is 0 Å². The second kappa shape index (κ2) is 8.90. The summed E-state index contributed by atoms with van der Waals surface area (Å²) in [6.45, 7) is 3.66. The minimum Gasteiger partial charge on any atom is -0.490 e. The summed E-state index contributed by atoms with van der Waals surface area (Å²) in [6.07, 6.45) is 1.35. The Labute approximate surface area is 140 Å². The molecule has 0 radical (unpaired) electrons. The highest BCUT2D eigenvalue weighted by molar-refractivity contribution is 6.25. The summed E-state index contributed by atoms with van der Waals surface area (Å²) in [4.78, 5) is 26.5. The molecule has 0 saturated heterocycles. The molecule has 6 nitrogen and oxygen atoms in total. The van der Waals surface area contributed by atoms with E-state index in [1.54, 1.807) is 32.8 Å². The number of rotatable bonds is 8. The first-order valence-corrected chi connectivity index (χ1v) is 7.46. The first-order valence-electron chi connectivity index (χ1n) is 7.46. The first kappa shape index (κ1) is 19.5. The van der Waals surface area contributed by atoms with Crippen molar-refractivity contribution in [3.63, 3.8) is 0 Å². The Morgan fingerprint density at radius 1 is 1.17 bits per heavy atom. The Bertz CT molecular complexity index is 640. The number of nitrogens with zero attached hydrogens (tertiary/aromatic N) is 1. The molecule has 0 fully saturated rings. The lowest BCUT2D eigenvalue weighted by atomic mass is 10.0. The van der Waals surface area contributed by atoms with Gasteiger partial charge < -0.3 is 19.1 Å². The molecular weight excluding hydrogens is 317 g/mol. The fourth-order valence-electron chi connectivity index (χ4n) is 2.01. The van der Waals surface area contributed by atoms with E-state index in [0.29, 0.717) is 0 Å². The van der Waals surface area contributed by atoms with Crippen LogP contribution in [0.4, 0.5) is 4.39 Å². The molecule has 0 unspecified atom stereocenters. The number of ether oxygens (including phenoxy) is 3. The second-order valence-electron chi connectivity index (χ2n) is 4.95. The Balaban J connectivity index is 3.46. The van der Waals surface area contributed by atoms with Crippen LogP contribution in [0.15, 0.2) is 23.9 Å². The van der Waals surface area contributed by atoms with E-state index < -0.39 is 17.6 Å². The minimum atomic E-state index is -0.762. The average molecular weight is 339 g/mol. The van der Waals surface area contributed by atoms with Crippen molar-refractivity contribution < 1.29 is 28.2 Å². The zero-order chi connectivity index (χ0) is 18.3. The summed E-state index contributed by atoms with van der Waals surface area (Å²) < 4.78 is 29.2. The Kier molecular flexibility index (Phi) is 7.23. The third-order valence-electron chi connectivity index (χ3n) is 2.93. The Morgan fingerprint density at radius 2 is 1.83 bits per heavy atom. The van der Waals surface area contributed by atoms with Gasteiger partial charge in [-0.15, -0.1) is 0 Å². The maximum atomic E-state index is 13.9. The van der Waals surface area contributed by atoms with Crippen LogP contribution < -0.4 is 9.47 Å². The molecule has 0 N–H and O–H groups in total. The number of carbonyl (C=O) groups excluding carboxylic acids is 2. The monoisotopic (exact) mass is 339 g/mol. The molecule has 132 valence electrons. The second-order valence-corrected chi connectivity index (χ2v) is 4.95. The fraction of sp³-hybridized carbons (Fsp3) is 0.412. The summed E-state index contributed by atoms with van der Waals surface area (Å²) in [6, 6.07) is 2.35. The van der Waals surface area contributed by atoms with Gasteiger partial charge in [0, 0.05) is 20.3 Å². The highest BCUT2D eigenvalue weighted by Gasteiger charge is 2.27. The van der Waals surface area contributed by atoms with Crippen molar-refractivity contribution in [2.75, 3.05) is 34.4 Å². The van der Waals surface area contributed by atoms with E-state index in [4.69, 9.17) is 14.2 Å². The molecule has 1 aromatic rings. The van der Waals surface area contributed by atoms with Crippen LogP contribution in [0.2, 0.25) is 0 Å². The fourth-order valence-corrected chi connectivity index (χ4v) is 2.01. The molecule has 0 aliphatic heterocycles. The molecule has 0 aliphatic carbocycles. The van der Waals surface area contributed by atoms with Gasteiger partial charge in [0.2, 0.25) is 5.78 Å². The van der Waals surface area contributed by atoms with E-state index in [1.165, 1.54) is 19.4 Å². The number of halogens is 1. The van der Waals surface area contributed by atoms with Crippen LogP contribution in [0, 0.1) is 5.82 Å². The third kappa shape index (κ3) is 4.47. The van der Waals surface area contributed by atoms with E-state index in [0.717, 1.165) is 6.07 Å². The summed E-state index contributed by atoms with van der Waals surface area (Å²) in [5.74, 6) is -2.28.